The van der Waals surface area contributed by atoms with E-state index in [-0.39, 0.29) is 71.8 Å². The molecule has 3 aliphatic rings. The highest BCUT2D eigenvalue weighted by atomic mass is 16.6. The molecule has 2 aliphatic heterocycles. The number of amides is 4. The van der Waals surface area contributed by atoms with Crippen molar-refractivity contribution in [3.05, 3.63) is 41.5 Å². The van der Waals surface area contributed by atoms with Gasteiger partial charge in [0.25, 0.3) is 0 Å². The Morgan fingerprint density at radius 2 is 1.79 bits per heavy atom. The van der Waals surface area contributed by atoms with E-state index in [0.29, 0.717) is 25.3 Å². The first-order valence-electron chi connectivity index (χ1n) is 16.8. The van der Waals surface area contributed by atoms with Crippen molar-refractivity contribution in [1.29, 1.82) is 0 Å². The average molecular weight is 655 g/mol. The van der Waals surface area contributed by atoms with Crippen molar-refractivity contribution in [2.45, 2.75) is 122 Å². The molecule has 1 saturated carbocycles. The Morgan fingerprint density at radius 1 is 1.11 bits per heavy atom. The summed E-state index contributed by atoms with van der Waals surface area (Å²) in [5.74, 6) is -0.663. The molecule has 1 aromatic carbocycles. The highest BCUT2D eigenvalue weighted by Crippen LogP contribution is 2.59. The van der Waals surface area contributed by atoms with Crippen molar-refractivity contribution >= 4 is 29.3 Å². The lowest BCUT2D eigenvalue weighted by molar-refractivity contribution is -0.130. The summed E-state index contributed by atoms with van der Waals surface area (Å²) in [4.78, 5) is 49.8. The van der Waals surface area contributed by atoms with Gasteiger partial charge in [0.1, 0.15) is 17.4 Å². The fraction of sp³-hybridized carbons (Fsp3) is 0.667. The molecule has 47 heavy (non-hydrogen) atoms. The van der Waals surface area contributed by atoms with E-state index in [1.807, 2.05) is 32.9 Å². The number of ether oxygens (including phenoxy) is 3. The molecular weight excluding hydrogens is 600 g/mol. The van der Waals surface area contributed by atoms with Crippen LogP contribution in [0.15, 0.2) is 35.9 Å². The molecular formula is C36H54N4O7. The molecule has 4 N–H and O–H groups in total. The van der Waals surface area contributed by atoms with Crippen molar-refractivity contribution in [3.63, 3.8) is 0 Å². The maximum Gasteiger partial charge on any atom is 0.315 e. The third-order valence-corrected chi connectivity index (χ3v) is 9.72. The Balaban J connectivity index is 1.20. The Bertz CT molecular complexity index is 1330. The summed E-state index contributed by atoms with van der Waals surface area (Å²) in [6, 6.07) is 6.20. The van der Waals surface area contributed by atoms with Crippen LogP contribution in [-0.2, 0) is 35.0 Å². The number of carbonyl (C=O) groups excluding carboxylic acids is 4. The largest absolute Gasteiger partial charge is 0.379 e. The van der Waals surface area contributed by atoms with Crippen molar-refractivity contribution in [2.24, 2.45) is 11.3 Å². The number of anilines is 1. The summed E-state index contributed by atoms with van der Waals surface area (Å²) in [7, 11) is 1.70. The SMILES string of the molecule is CO[C@@H]1[C@H](NC(=O)NCCc2ccc(NC(=O)[C@@H](C)NC(=O)CCC(=O)C(C)(C)C)cc2)CC[C@]2(CO2)[C@H]1[C@@]1(C)O[C@@H]1CC=C(C)C. The molecule has 2 saturated heterocycles. The zero-order chi connectivity index (χ0) is 34.6. The molecule has 0 radical (unpaired) electrons. The molecule has 0 bridgehead atoms. The number of nitrogens with one attached hydrogen (secondary N) is 4. The van der Waals surface area contributed by atoms with E-state index in [1.54, 1.807) is 26.2 Å². The van der Waals surface area contributed by atoms with E-state index < -0.39 is 11.5 Å². The minimum atomic E-state index is -0.752. The van der Waals surface area contributed by atoms with E-state index in [9.17, 15) is 19.2 Å². The molecule has 260 valence electrons. The quantitative estimate of drug-likeness (QED) is 0.171. The van der Waals surface area contributed by atoms with E-state index in [2.05, 4.69) is 48.1 Å². The van der Waals surface area contributed by atoms with Crippen molar-refractivity contribution in [2.75, 3.05) is 25.6 Å². The summed E-state index contributed by atoms with van der Waals surface area (Å²) in [5, 5.41) is 11.6. The summed E-state index contributed by atoms with van der Waals surface area (Å²) in [6.07, 6.45) is 5.35. The molecule has 3 fully saturated rings. The number of hydrogen-bond donors (Lipinski definition) is 4. The van der Waals surface area contributed by atoms with Gasteiger partial charge in [0, 0.05) is 43.5 Å². The maximum absolute atomic E-state index is 12.9. The van der Waals surface area contributed by atoms with E-state index >= 15 is 0 Å². The fourth-order valence-corrected chi connectivity index (χ4v) is 6.67. The molecule has 11 heteroatoms. The first kappa shape index (κ1) is 36.6. The highest BCUT2D eigenvalue weighted by molar-refractivity contribution is 5.97. The molecule has 11 nitrogen and oxygen atoms in total. The lowest BCUT2D eigenvalue weighted by Gasteiger charge is -2.43. The Kier molecular flexibility index (Phi) is 11.6. The van der Waals surface area contributed by atoms with Gasteiger partial charge in [0.2, 0.25) is 11.8 Å². The lowest BCUT2D eigenvalue weighted by atomic mass is 9.67. The van der Waals surface area contributed by atoms with Gasteiger partial charge in [-0.2, -0.15) is 0 Å². The summed E-state index contributed by atoms with van der Waals surface area (Å²) < 4.78 is 18.3. The lowest BCUT2D eigenvalue weighted by Crippen LogP contribution is -2.60. The summed E-state index contributed by atoms with van der Waals surface area (Å²) >= 11 is 0. The summed E-state index contributed by atoms with van der Waals surface area (Å²) in [5.41, 5.74) is 1.76. The second-order valence-electron chi connectivity index (χ2n) is 14.8. The van der Waals surface area contributed by atoms with Crippen LogP contribution in [0.1, 0.15) is 86.1 Å². The third kappa shape index (κ3) is 9.42. The van der Waals surface area contributed by atoms with Gasteiger partial charge in [-0.1, -0.05) is 44.6 Å². The van der Waals surface area contributed by atoms with Crippen LogP contribution in [0.3, 0.4) is 0 Å². The van der Waals surface area contributed by atoms with Gasteiger partial charge in [0.05, 0.1) is 30.5 Å². The minimum Gasteiger partial charge on any atom is -0.379 e. The smallest absolute Gasteiger partial charge is 0.315 e. The first-order valence-corrected chi connectivity index (χ1v) is 16.8. The summed E-state index contributed by atoms with van der Waals surface area (Å²) in [6.45, 7) is 14.5. The van der Waals surface area contributed by atoms with Gasteiger partial charge < -0.3 is 35.5 Å². The molecule has 0 aromatic heterocycles. The Hall–Kier alpha value is -3.28. The number of allylic oxidation sites excluding steroid dienone is 1. The van der Waals surface area contributed by atoms with Gasteiger partial charge in [0.15, 0.2) is 0 Å². The second-order valence-corrected chi connectivity index (χ2v) is 14.8. The predicted octanol–water partition coefficient (Wildman–Crippen LogP) is 4.44. The third-order valence-electron chi connectivity index (χ3n) is 9.72. The topological polar surface area (TPSA) is 151 Å². The number of carbonyl (C=O) groups is 4. The molecule has 7 atom stereocenters. The van der Waals surface area contributed by atoms with E-state index in [4.69, 9.17) is 14.2 Å². The van der Waals surface area contributed by atoms with Gasteiger partial charge in [-0.05, 0) is 71.1 Å². The molecule has 2 heterocycles. The van der Waals surface area contributed by atoms with Crippen molar-refractivity contribution in [1.82, 2.24) is 16.0 Å². The number of urea groups is 1. The van der Waals surface area contributed by atoms with Crippen LogP contribution in [-0.4, -0.2) is 79.4 Å². The van der Waals surface area contributed by atoms with Gasteiger partial charge in [-0.3, -0.25) is 14.4 Å². The fourth-order valence-electron chi connectivity index (χ4n) is 6.67. The Morgan fingerprint density at radius 3 is 2.38 bits per heavy atom. The average Bonchev–Trinajstić information content (AvgIpc) is 3.92. The van der Waals surface area contributed by atoms with Crippen LogP contribution in [0.2, 0.25) is 0 Å². The number of Topliss-reactive ketones (excluding diaryl/α,β-unsaturated/α-hetero) is 1. The standard InChI is InChI=1S/C36H54N4O7/c1-22(2)9-15-28-35(7,47-28)31-30(45-8)26(17-19-36(31)21-46-36)40-33(44)37-20-18-24-10-12-25(13-11-24)39-32(43)23(3)38-29(42)16-14-27(41)34(4,5)6/h9-13,23,26,28,30-31H,14-21H2,1-8H3,(H,38,42)(H,39,43)(H2,37,40,44)/t23-,26-,28-,30-,31-,35+,36+/m1/s1. The van der Waals surface area contributed by atoms with Crippen LogP contribution in [0, 0.1) is 11.3 Å². The van der Waals surface area contributed by atoms with Crippen LogP contribution in [0.5, 0.6) is 0 Å². The molecule has 4 amide bonds. The second kappa shape index (κ2) is 14.9. The molecule has 0 unspecified atom stereocenters. The van der Waals surface area contributed by atoms with E-state index in [1.165, 1.54) is 5.57 Å². The number of ketones is 1. The number of methoxy groups -OCH3 is 1. The molecule has 1 aliphatic carbocycles. The van der Waals surface area contributed by atoms with Crippen LogP contribution >= 0.6 is 0 Å². The number of epoxide rings is 2. The zero-order valence-electron chi connectivity index (χ0n) is 29.3. The number of hydrogen-bond acceptors (Lipinski definition) is 7. The molecule has 1 spiro atoms. The molecule has 1 aromatic rings. The van der Waals surface area contributed by atoms with Gasteiger partial charge in [-0.15, -0.1) is 0 Å². The van der Waals surface area contributed by atoms with Crippen LogP contribution < -0.4 is 21.3 Å². The van der Waals surface area contributed by atoms with E-state index in [0.717, 1.165) is 24.8 Å². The monoisotopic (exact) mass is 654 g/mol. The first-order chi connectivity index (χ1) is 22.1. The van der Waals surface area contributed by atoms with Gasteiger partial charge >= 0.3 is 6.03 Å². The number of benzene rings is 1. The van der Waals surface area contributed by atoms with Crippen LogP contribution in [0.4, 0.5) is 10.5 Å². The maximum atomic E-state index is 12.9. The predicted molar refractivity (Wildman–Crippen MR) is 180 cm³/mol. The zero-order valence-corrected chi connectivity index (χ0v) is 29.3. The van der Waals surface area contributed by atoms with Gasteiger partial charge in [-0.25, -0.2) is 4.79 Å². The number of rotatable bonds is 14. The normalized spacial score (nSPS) is 28.5. The van der Waals surface area contributed by atoms with Crippen molar-refractivity contribution < 1.29 is 33.4 Å². The molecule has 4 rings (SSSR count). The Labute approximate surface area is 279 Å². The highest BCUT2D eigenvalue weighted by Gasteiger charge is 2.71. The van der Waals surface area contributed by atoms with Crippen molar-refractivity contribution in [3.8, 4) is 0 Å². The minimum absolute atomic E-state index is 0.00236. The van der Waals surface area contributed by atoms with Crippen LogP contribution in [0.25, 0.3) is 0 Å².